The number of anilines is 1. The van der Waals surface area contributed by atoms with Crippen molar-refractivity contribution in [2.45, 2.75) is 114 Å². The van der Waals surface area contributed by atoms with E-state index in [0.29, 0.717) is 29.2 Å². The number of aliphatic hydroxyl groups excluding tert-OH is 1. The van der Waals surface area contributed by atoms with E-state index in [4.69, 9.17) is 28.9 Å². The summed E-state index contributed by atoms with van der Waals surface area (Å²) in [6.07, 6.45) is -0.0166. The predicted molar refractivity (Wildman–Crippen MR) is 165 cm³/mol. The van der Waals surface area contributed by atoms with Gasteiger partial charge in [0, 0.05) is 24.1 Å². The molecule has 2 saturated carbocycles. The molecule has 1 saturated heterocycles. The number of benzene rings is 1. The third-order valence-electron chi connectivity index (χ3n) is 8.12. The monoisotopic (exact) mass is 662 g/mol. The van der Waals surface area contributed by atoms with Crippen LogP contribution >= 0.6 is 11.8 Å². The Morgan fingerprint density at radius 2 is 1.93 bits per heavy atom. The largest absolute Gasteiger partial charge is 0.443 e. The van der Waals surface area contributed by atoms with Crippen LogP contribution in [0.4, 0.5) is 19.4 Å². The minimum atomic E-state index is -0.949. The van der Waals surface area contributed by atoms with E-state index in [1.54, 1.807) is 25.5 Å². The van der Waals surface area contributed by atoms with Crippen LogP contribution in [0.1, 0.15) is 78.3 Å². The minimum Gasteiger partial charge on any atom is -0.443 e. The SMILES string of the molecule is CCCSc1nc(N(C(=O)OC(C)(C)C)C2CC2c2ccc(F)c(F)c2)c2nnn(C3CC(OCCO)C4OC(C)(C)OC43)c2n1. The van der Waals surface area contributed by atoms with Crippen LogP contribution in [-0.4, -0.2) is 90.9 Å². The summed E-state index contributed by atoms with van der Waals surface area (Å²) in [6, 6.07) is 2.96. The van der Waals surface area contributed by atoms with Gasteiger partial charge in [-0.05, 0) is 65.2 Å². The summed E-state index contributed by atoms with van der Waals surface area (Å²) in [6.45, 7) is 11.1. The first kappa shape index (κ1) is 32.9. The summed E-state index contributed by atoms with van der Waals surface area (Å²) in [5.74, 6) is -2.06. The molecule has 12 nitrogen and oxygen atoms in total. The van der Waals surface area contributed by atoms with Crippen molar-refractivity contribution in [3.63, 3.8) is 0 Å². The van der Waals surface area contributed by atoms with Crippen LogP contribution in [0.2, 0.25) is 0 Å². The molecule has 3 aliphatic rings. The summed E-state index contributed by atoms with van der Waals surface area (Å²) < 4.78 is 54.0. The molecule has 0 spiro atoms. The van der Waals surface area contributed by atoms with Gasteiger partial charge in [-0.1, -0.05) is 30.0 Å². The van der Waals surface area contributed by atoms with Crippen LogP contribution in [0.5, 0.6) is 0 Å². The maximum absolute atomic E-state index is 14.2. The third kappa shape index (κ3) is 6.57. The van der Waals surface area contributed by atoms with E-state index in [-0.39, 0.29) is 42.6 Å². The molecule has 6 atom stereocenters. The van der Waals surface area contributed by atoms with E-state index in [1.807, 2.05) is 20.8 Å². The lowest BCUT2D eigenvalue weighted by molar-refractivity contribution is -0.171. The average Bonchev–Trinajstić information content (AvgIpc) is 3.36. The van der Waals surface area contributed by atoms with E-state index in [1.165, 1.54) is 28.8 Å². The molecule has 46 heavy (non-hydrogen) atoms. The fraction of sp³-hybridized carbons (Fsp3) is 0.645. The first-order valence-corrected chi connectivity index (χ1v) is 16.6. The summed E-state index contributed by atoms with van der Waals surface area (Å²) in [7, 11) is 0. The van der Waals surface area contributed by atoms with E-state index < -0.39 is 47.4 Å². The lowest BCUT2D eigenvalue weighted by Crippen LogP contribution is -2.39. The van der Waals surface area contributed by atoms with Crippen LogP contribution in [0.15, 0.2) is 23.4 Å². The Balaban J connectivity index is 1.43. The van der Waals surface area contributed by atoms with Crippen molar-refractivity contribution in [2.24, 2.45) is 0 Å². The highest BCUT2D eigenvalue weighted by atomic mass is 32.2. The van der Waals surface area contributed by atoms with E-state index >= 15 is 0 Å². The normalized spacial score (nSPS) is 26.8. The van der Waals surface area contributed by atoms with Gasteiger partial charge in [0.05, 0.1) is 25.4 Å². The van der Waals surface area contributed by atoms with Crippen molar-refractivity contribution in [3.8, 4) is 0 Å². The van der Waals surface area contributed by atoms with Crippen LogP contribution < -0.4 is 4.90 Å². The molecule has 15 heteroatoms. The van der Waals surface area contributed by atoms with Crippen molar-refractivity contribution in [3.05, 3.63) is 35.4 Å². The molecule has 0 radical (unpaired) electrons. The van der Waals surface area contributed by atoms with Gasteiger partial charge in [-0.2, -0.15) is 0 Å². The van der Waals surface area contributed by atoms with Crippen molar-refractivity contribution >= 4 is 34.8 Å². The highest BCUT2D eigenvalue weighted by Gasteiger charge is 2.56. The van der Waals surface area contributed by atoms with Gasteiger partial charge in [0.25, 0.3) is 0 Å². The number of ether oxygens (including phenoxy) is 4. The number of hydrogen-bond donors (Lipinski definition) is 1. The molecular weight excluding hydrogens is 622 g/mol. The van der Waals surface area contributed by atoms with Gasteiger partial charge < -0.3 is 24.1 Å². The van der Waals surface area contributed by atoms with Crippen LogP contribution in [0, 0.1) is 11.6 Å². The van der Waals surface area contributed by atoms with Crippen molar-refractivity contribution in [1.29, 1.82) is 0 Å². The van der Waals surface area contributed by atoms with Crippen LogP contribution in [-0.2, 0) is 18.9 Å². The lowest BCUT2D eigenvalue weighted by atomic mass is 10.1. The minimum absolute atomic E-state index is 0.128. The van der Waals surface area contributed by atoms with Gasteiger partial charge in [0.15, 0.2) is 39.6 Å². The second-order valence-corrected chi connectivity index (χ2v) is 14.4. The summed E-state index contributed by atoms with van der Waals surface area (Å²) >= 11 is 1.44. The molecule has 1 N–H and O–H groups in total. The number of carbonyl (C=O) groups excluding carboxylic acids is 1. The molecule has 6 rings (SSSR count). The molecule has 3 heterocycles. The quantitative estimate of drug-likeness (QED) is 0.228. The predicted octanol–water partition coefficient (Wildman–Crippen LogP) is 5.14. The van der Waals surface area contributed by atoms with E-state index in [9.17, 15) is 18.7 Å². The lowest BCUT2D eigenvalue weighted by Gasteiger charge is -2.27. The van der Waals surface area contributed by atoms with Gasteiger partial charge >= 0.3 is 6.09 Å². The summed E-state index contributed by atoms with van der Waals surface area (Å²) in [5.41, 5.74) is 0.443. The fourth-order valence-corrected chi connectivity index (χ4v) is 6.91. The molecule has 3 aromatic rings. The number of fused-ring (bicyclic) bond motifs is 2. The molecule has 2 aromatic heterocycles. The molecule has 1 amide bonds. The Morgan fingerprint density at radius 3 is 2.63 bits per heavy atom. The van der Waals surface area contributed by atoms with Crippen molar-refractivity contribution in [2.75, 3.05) is 23.9 Å². The first-order chi connectivity index (χ1) is 21.8. The average molecular weight is 663 g/mol. The second kappa shape index (κ2) is 12.6. The van der Waals surface area contributed by atoms with Gasteiger partial charge in [0.1, 0.15) is 17.8 Å². The zero-order valence-corrected chi connectivity index (χ0v) is 27.6. The number of hydrogen-bond acceptors (Lipinski definition) is 11. The van der Waals surface area contributed by atoms with E-state index in [2.05, 4.69) is 10.3 Å². The van der Waals surface area contributed by atoms with Gasteiger partial charge in [-0.15, -0.1) is 5.10 Å². The zero-order chi connectivity index (χ0) is 33.0. The highest BCUT2D eigenvalue weighted by molar-refractivity contribution is 7.99. The summed E-state index contributed by atoms with van der Waals surface area (Å²) in [4.78, 5) is 25.0. The molecule has 6 unspecified atom stereocenters. The zero-order valence-electron chi connectivity index (χ0n) is 26.8. The molecule has 3 fully saturated rings. The standard InChI is InChI=1S/C31H40F2N6O6S/c1-7-12-46-28-34-26(38(29(41)45-30(2,3)4)20-14-17(20)16-8-9-18(32)19(33)13-16)23-27(35-28)39(37-36-23)21-15-22(42-11-10-40)25-24(21)43-31(5,6)44-25/h8-9,13,17,20-22,24-25,40H,7,10-12,14-15H2,1-6H3. The molecule has 1 aliphatic heterocycles. The Hall–Kier alpha value is -2.98. The number of halogens is 2. The van der Waals surface area contributed by atoms with Crippen LogP contribution in [0.25, 0.3) is 11.2 Å². The number of rotatable bonds is 10. The Kier molecular flexibility index (Phi) is 9.00. The maximum Gasteiger partial charge on any atom is 0.416 e. The molecule has 1 aromatic carbocycles. The maximum atomic E-state index is 14.2. The van der Waals surface area contributed by atoms with Crippen LogP contribution in [0.3, 0.4) is 0 Å². The van der Waals surface area contributed by atoms with Gasteiger partial charge in [-0.25, -0.2) is 28.2 Å². The van der Waals surface area contributed by atoms with Crippen molar-refractivity contribution in [1.82, 2.24) is 25.0 Å². The topological polar surface area (TPSA) is 134 Å². The first-order valence-electron chi connectivity index (χ1n) is 15.6. The number of thioether (sulfide) groups is 1. The molecule has 2 aliphatic carbocycles. The number of nitrogens with zero attached hydrogens (tertiary/aromatic N) is 6. The number of aromatic nitrogens is 5. The Morgan fingerprint density at radius 1 is 1.17 bits per heavy atom. The van der Waals surface area contributed by atoms with Crippen molar-refractivity contribution < 1.29 is 37.6 Å². The molecule has 250 valence electrons. The number of amides is 1. The molecule has 0 bridgehead atoms. The second-order valence-electron chi connectivity index (χ2n) is 13.3. The molecular formula is C31H40F2N6O6S. The van der Waals surface area contributed by atoms with Gasteiger partial charge in [0.2, 0.25) is 0 Å². The third-order valence-corrected chi connectivity index (χ3v) is 9.17. The summed E-state index contributed by atoms with van der Waals surface area (Å²) in [5, 5.41) is 18.9. The number of carbonyl (C=O) groups is 1. The smallest absolute Gasteiger partial charge is 0.416 e. The van der Waals surface area contributed by atoms with E-state index in [0.717, 1.165) is 18.2 Å². The Labute approximate surface area is 270 Å². The van der Waals surface area contributed by atoms with Gasteiger partial charge in [-0.3, -0.25) is 4.90 Å². The number of aliphatic hydroxyl groups is 1. The fourth-order valence-electron chi connectivity index (χ4n) is 6.22. The Bertz CT molecular complexity index is 1600. The highest BCUT2D eigenvalue weighted by Crippen LogP contribution is 2.49.